The van der Waals surface area contributed by atoms with E-state index in [1.165, 1.54) is 0 Å². The summed E-state index contributed by atoms with van der Waals surface area (Å²) < 4.78 is 0. The van der Waals surface area contributed by atoms with Crippen LogP contribution in [0.25, 0.3) is 0 Å². The maximum atomic E-state index is 4.22. The summed E-state index contributed by atoms with van der Waals surface area (Å²) in [5.74, 6) is 0.533. The fraction of sp³-hybridized carbons (Fsp3) is 0.182. The van der Waals surface area contributed by atoms with E-state index >= 15 is 0 Å². The van der Waals surface area contributed by atoms with Gasteiger partial charge in [-0.1, -0.05) is 6.07 Å². The van der Waals surface area contributed by atoms with Crippen molar-refractivity contribution in [2.45, 2.75) is 13.8 Å². The Bertz CT molecular complexity index is 470. The molecule has 5 heteroatoms. The lowest BCUT2D eigenvalue weighted by atomic mass is 10.4. The van der Waals surface area contributed by atoms with Crippen LogP contribution in [0.2, 0.25) is 0 Å². The Hall–Kier alpha value is -1.75. The Labute approximate surface area is 98.1 Å². The SMILES string of the molecule is Cc1cc(C)nc(NN=Cc2cccs2)n1. The third kappa shape index (κ3) is 2.87. The Morgan fingerprint density at radius 3 is 2.69 bits per heavy atom. The van der Waals surface area contributed by atoms with Crippen LogP contribution in [0.3, 0.4) is 0 Å². The van der Waals surface area contributed by atoms with Gasteiger partial charge >= 0.3 is 0 Å². The molecule has 0 bridgehead atoms. The van der Waals surface area contributed by atoms with Crippen LogP contribution in [-0.2, 0) is 0 Å². The number of thiophene rings is 1. The standard InChI is InChI=1S/C11H12N4S/c1-8-6-9(2)14-11(13-8)15-12-7-10-4-3-5-16-10/h3-7H,1-2H3,(H,13,14,15). The van der Waals surface area contributed by atoms with Crippen molar-refractivity contribution in [1.29, 1.82) is 0 Å². The van der Waals surface area contributed by atoms with Crippen molar-refractivity contribution in [3.63, 3.8) is 0 Å². The molecule has 16 heavy (non-hydrogen) atoms. The summed E-state index contributed by atoms with van der Waals surface area (Å²) in [5, 5.41) is 6.09. The zero-order valence-corrected chi connectivity index (χ0v) is 9.95. The average molecular weight is 232 g/mol. The molecule has 0 amide bonds. The molecule has 0 saturated carbocycles. The monoisotopic (exact) mass is 232 g/mol. The Kier molecular flexibility index (Phi) is 3.26. The van der Waals surface area contributed by atoms with Gasteiger partial charge in [-0.2, -0.15) is 5.10 Å². The van der Waals surface area contributed by atoms with E-state index < -0.39 is 0 Å². The summed E-state index contributed by atoms with van der Waals surface area (Å²) in [4.78, 5) is 9.53. The molecule has 0 spiro atoms. The van der Waals surface area contributed by atoms with Crippen molar-refractivity contribution in [2.24, 2.45) is 5.10 Å². The minimum absolute atomic E-state index is 0.533. The lowest BCUT2D eigenvalue weighted by Crippen LogP contribution is -1.99. The van der Waals surface area contributed by atoms with E-state index in [0.29, 0.717) is 5.95 Å². The number of hydrazone groups is 1. The normalized spacial score (nSPS) is 10.9. The van der Waals surface area contributed by atoms with E-state index in [4.69, 9.17) is 0 Å². The van der Waals surface area contributed by atoms with Gasteiger partial charge in [-0.15, -0.1) is 11.3 Å². The number of rotatable bonds is 3. The van der Waals surface area contributed by atoms with Crippen molar-refractivity contribution in [2.75, 3.05) is 5.43 Å². The fourth-order valence-electron chi connectivity index (χ4n) is 1.29. The molecule has 1 N–H and O–H groups in total. The molecule has 0 aromatic carbocycles. The minimum atomic E-state index is 0.533. The first kappa shape index (κ1) is 10.8. The minimum Gasteiger partial charge on any atom is -0.245 e. The number of aromatic nitrogens is 2. The number of nitrogens with zero attached hydrogens (tertiary/aromatic N) is 3. The fourth-order valence-corrected chi connectivity index (χ4v) is 1.88. The highest BCUT2D eigenvalue weighted by atomic mass is 32.1. The third-order valence-electron chi connectivity index (χ3n) is 1.88. The van der Waals surface area contributed by atoms with E-state index in [1.54, 1.807) is 17.6 Å². The molecular formula is C11H12N4S. The molecule has 0 aliphatic carbocycles. The van der Waals surface area contributed by atoms with Crippen molar-refractivity contribution < 1.29 is 0 Å². The van der Waals surface area contributed by atoms with Gasteiger partial charge < -0.3 is 0 Å². The van der Waals surface area contributed by atoms with Crippen LogP contribution in [-0.4, -0.2) is 16.2 Å². The first-order chi connectivity index (χ1) is 7.74. The van der Waals surface area contributed by atoms with E-state index in [2.05, 4.69) is 20.5 Å². The molecule has 2 aromatic rings. The number of aryl methyl sites for hydroxylation is 2. The highest BCUT2D eigenvalue weighted by Crippen LogP contribution is 2.06. The molecule has 0 radical (unpaired) electrons. The lowest BCUT2D eigenvalue weighted by molar-refractivity contribution is 1.04. The van der Waals surface area contributed by atoms with Crippen LogP contribution >= 0.6 is 11.3 Å². The molecule has 2 aromatic heterocycles. The van der Waals surface area contributed by atoms with Crippen molar-refractivity contribution in [3.8, 4) is 0 Å². The van der Waals surface area contributed by atoms with Gasteiger partial charge in [0.15, 0.2) is 0 Å². The summed E-state index contributed by atoms with van der Waals surface area (Å²) in [7, 11) is 0. The quantitative estimate of drug-likeness (QED) is 0.653. The van der Waals surface area contributed by atoms with Crippen molar-refractivity contribution >= 4 is 23.5 Å². The first-order valence-corrected chi connectivity index (χ1v) is 5.77. The topological polar surface area (TPSA) is 50.2 Å². The Morgan fingerprint density at radius 2 is 2.06 bits per heavy atom. The van der Waals surface area contributed by atoms with Gasteiger partial charge in [0.1, 0.15) is 0 Å². The van der Waals surface area contributed by atoms with Crippen LogP contribution in [0.4, 0.5) is 5.95 Å². The summed E-state index contributed by atoms with van der Waals surface area (Å²) in [6.07, 6.45) is 1.76. The number of hydrogen-bond donors (Lipinski definition) is 1. The lowest BCUT2D eigenvalue weighted by Gasteiger charge is -2.00. The van der Waals surface area contributed by atoms with E-state index in [-0.39, 0.29) is 0 Å². The molecule has 0 fully saturated rings. The van der Waals surface area contributed by atoms with E-state index in [0.717, 1.165) is 16.3 Å². The van der Waals surface area contributed by atoms with Crippen LogP contribution < -0.4 is 5.43 Å². The first-order valence-electron chi connectivity index (χ1n) is 4.89. The largest absolute Gasteiger partial charge is 0.245 e. The van der Waals surface area contributed by atoms with Gasteiger partial charge in [0.2, 0.25) is 5.95 Å². The van der Waals surface area contributed by atoms with E-state index in [9.17, 15) is 0 Å². The predicted octanol–water partition coefficient (Wildman–Crippen LogP) is 2.60. The maximum Gasteiger partial charge on any atom is 0.243 e. The molecular weight excluding hydrogens is 220 g/mol. The zero-order valence-electron chi connectivity index (χ0n) is 9.14. The van der Waals surface area contributed by atoms with Crippen LogP contribution in [0.5, 0.6) is 0 Å². The molecule has 0 unspecified atom stereocenters. The molecule has 0 atom stereocenters. The predicted molar refractivity (Wildman–Crippen MR) is 67.0 cm³/mol. The average Bonchev–Trinajstić information content (AvgIpc) is 2.69. The highest BCUT2D eigenvalue weighted by molar-refractivity contribution is 7.11. The molecule has 0 aliphatic heterocycles. The van der Waals surface area contributed by atoms with Gasteiger partial charge in [0, 0.05) is 16.3 Å². The number of anilines is 1. The van der Waals surface area contributed by atoms with E-state index in [1.807, 2.05) is 37.4 Å². The second kappa shape index (κ2) is 4.85. The van der Waals surface area contributed by atoms with Gasteiger partial charge in [-0.25, -0.2) is 15.4 Å². The summed E-state index contributed by atoms with van der Waals surface area (Å²) in [6, 6.07) is 5.91. The zero-order chi connectivity index (χ0) is 11.4. The summed E-state index contributed by atoms with van der Waals surface area (Å²) in [6.45, 7) is 3.87. The van der Waals surface area contributed by atoms with Gasteiger partial charge in [-0.05, 0) is 31.4 Å². The Balaban J connectivity index is 2.04. The van der Waals surface area contributed by atoms with Crippen LogP contribution in [0, 0.1) is 13.8 Å². The number of nitrogens with one attached hydrogen (secondary N) is 1. The maximum absolute atomic E-state index is 4.22. The third-order valence-corrected chi connectivity index (χ3v) is 2.69. The highest BCUT2D eigenvalue weighted by Gasteiger charge is 1.96. The van der Waals surface area contributed by atoms with Gasteiger partial charge in [-0.3, -0.25) is 0 Å². The molecule has 2 heterocycles. The van der Waals surface area contributed by atoms with Gasteiger partial charge in [0.05, 0.1) is 6.21 Å². The molecule has 0 saturated heterocycles. The Morgan fingerprint density at radius 1 is 1.31 bits per heavy atom. The van der Waals surface area contributed by atoms with Crippen LogP contribution in [0.15, 0.2) is 28.7 Å². The summed E-state index contributed by atoms with van der Waals surface area (Å²) >= 11 is 1.63. The molecule has 82 valence electrons. The number of hydrogen-bond acceptors (Lipinski definition) is 5. The van der Waals surface area contributed by atoms with Crippen molar-refractivity contribution in [1.82, 2.24) is 9.97 Å². The molecule has 2 rings (SSSR count). The molecule has 0 aliphatic rings. The molecule has 4 nitrogen and oxygen atoms in total. The van der Waals surface area contributed by atoms with Crippen LogP contribution in [0.1, 0.15) is 16.3 Å². The smallest absolute Gasteiger partial charge is 0.243 e. The second-order valence-corrected chi connectivity index (χ2v) is 4.34. The van der Waals surface area contributed by atoms with Crippen molar-refractivity contribution in [3.05, 3.63) is 39.8 Å². The van der Waals surface area contributed by atoms with Gasteiger partial charge in [0.25, 0.3) is 0 Å². The second-order valence-electron chi connectivity index (χ2n) is 3.36. The summed E-state index contributed by atoms with van der Waals surface area (Å²) in [5.41, 5.74) is 4.68.